The first-order valence-corrected chi connectivity index (χ1v) is 10.8. The molecule has 1 saturated heterocycles. The highest BCUT2D eigenvalue weighted by atomic mass is 16.5. The van der Waals surface area contributed by atoms with Crippen LogP contribution in [0.1, 0.15) is 57.4 Å². The van der Waals surface area contributed by atoms with E-state index in [0.29, 0.717) is 25.3 Å². The summed E-state index contributed by atoms with van der Waals surface area (Å²) in [6.45, 7) is 4.87. The molecule has 5 atom stereocenters. The van der Waals surface area contributed by atoms with Crippen LogP contribution in [0.15, 0.2) is 18.2 Å². The van der Waals surface area contributed by atoms with E-state index >= 15 is 0 Å². The third-order valence-electron chi connectivity index (χ3n) is 7.26. The molecule has 0 spiro atoms. The van der Waals surface area contributed by atoms with Gasteiger partial charge in [-0.2, -0.15) is 0 Å². The molecule has 1 amide bonds. The van der Waals surface area contributed by atoms with E-state index in [0.717, 1.165) is 24.2 Å². The van der Waals surface area contributed by atoms with E-state index in [1.807, 2.05) is 30.0 Å². The lowest BCUT2D eigenvalue weighted by Crippen LogP contribution is -2.38. The van der Waals surface area contributed by atoms with Gasteiger partial charge in [-0.15, -0.1) is 0 Å². The smallest absolute Gasteiger partial charge is 0.228 e. The van der Waals surface area contributed by atoms with Crippen molar-refractivity contribution in [3.05, 3.63) is 23.8 Å². The Bertz CT molecular complexity index is 760. The summed E-state index contributed by atoms with van der Waals surface area (Å²) in [5.74, 6) is 1.17. The van der Waals surface area contributed by atoms with Gasteiger partial charge in [0.1, 0.15) is 0 Å². The summed E-state index contributed by atoms with van der Waals surface area (Å²) >= 11 is 0. The second-order valence-electron chi connectivity index (χ2n) is 9.30. The molecule has 2 unspecified atom stereocenters. The van der Waals surface area contributed by atoms with E-state index in [9.17, 15) is 15.0 Å². The quantitative estimate of drug-likeness (QED) is 0.764. The molecule has 160 valence electrons. The van der Waals surface area contributed by atoms with Crippen LogP contribution in [0, 0.1) is 11.3 Å². The van der Waals surface area contributed by atoms with Gasteiger partial charge in [0.25, 0.3) is 0 Å². The van der Waals surface area contributed by atoms with Gasteiger partial charge in [0.2, 0.25) is 5.91 Å². The number of carbonyl (C=O) groups excluding carboxylic acids is 1. The van der Waals surface area contributed by atoms with E-state index in [2.05, 4.69) is 0 Å². The molecule has 1 aromatic carbocycles. The molecule has 29 heavy (non-hydrogen) atoms. The molecular formula is C23H33NO5. The molecule has 1 aromatic rings. The average molecular weight is 404 g/mol. The summed E-state index contributed by atoms with van der Waals surface area (Å²) in [5, 5.41) is 20.3. The van der Waals surface area contributed by atoms with E-state index < -0.39 is 17.6 Å². The van der Waals surface area contributed by atoms with E-state index in [1.54, 1.807) is 14.0 Å². The Kier molecular flexibility index (Phi) is 5.51. The first kappa shape index (κ1) is 20.5. The maximum absolute atomic E-state index is 12.7. The highest BCUT2D eigenvalue weighted by molar-refractivity contribution is 5.82. The number of amides is 1. The number of benzene rings is 1. The molecule has 2 saturated carbocycles. The van der Waals surface area contributed by atoms with Crippen molar-refractivity contribution in [3.8, 4) is 11.5 Å². The number of aliphatic hydroxyl groups excluding tert-OH is 2. The van der Waals surface area contributed by atoms with Crippen molar-refractivity contribution >= 4 is 5.91 Å². The molecule has 0 bridgehead atoms. The number of likely N-dealkylation sites (tertiary alicyclic amines) is 1. The highest BCUT2D eigenvalue weighted by Gasteiger charge is 2.52. The van der Waals surface area contributed by atoms with Crippen LogP contribution >= 0.6 is 0 Å². The van der Waals surface area contributed by atoms with Gasteiger partial charge in [-0.3, -0.25) is 4.79 Å². The van der Waals surface area contributed by atoms with E-state index in [1.165, 1.54) is 12.8 Å². The summed E-state index contributed by atoms with van der Waals surface area (Å²) in [7, 11) is 1.65. The van der Waals surface area contributed by atoms with Crippen LogP contribution in [0.2, 0.25) is 0 Å². The molecule has 1 heterocycles. The second-order valence-corrected chi connectivity index (χ2v) is 9.30. The molecule has 6 nitrogen and oxygen atoms in total. The minimum absolute atomic E-state index is 0.00261. The zero-order chi connectivity index (χ0) is 20.8. The minimum atomic E-state index is -0.573. The topological polar surface area (TPSA) is 79.2 Å². The van der Waals surface area contributed by atoms with Crippen LogP contribution in [0.3, 0.4) is 0 Å². The molecule has 2 N–H and O–H groups in total. The molecule has 2 aliphatic carbocycles. The lowest BCUT2D eigenvalue weighted by molar-refractivity contribution is -0.132. The van der Waals surface area contributed by atoms with Crippen molar-refractivity contribution in [1.29, 1.82) is 0 Å². The van der Waals surface area contributed by atoms with Gasteiger partial charge in [-0.1, -0.05) is 13.0 Å². The van der Waals surface area contributed by atoms with Crippen LogP contribution in [0.25, 0.3) is 0 Å². The number of methoxy groups -OCH3 is 1. The van der Waals surface area contributed by atoms with Gasteiger partial charge in [0.05, 0.1) is 31.3 Å². The summed E-state index contributed by atoms with van der Waals surface area (Å²) < 4.78 is 11.8. The number of carbonyl (C=O) groups is 1. The Labute approximate surface area is 172 Å². The van der Waals surface area contributed by atoms with Gasteiger partial charge >= 0.3 is 0 Å². The monoisotopic (exact) mass is 403 g/mol. The van der Waals surface area contributed by atoms with Gasteiger partial charge in [0, 0.05) is 24.4 Å². The predicted octanol–water partition coefficient (Wildman–Crippen LogP) is 2.71. The average Bonchev–Trinajstić information content (AvgIpc) is 3.07. The number of hydrogen-bond acceptors (Lipinski definition) is 5. The number of hydrogen-bond donors (Lipinski definition) is 2. The molecule has 1 aliphatic heterocycles. The van der Waals surface area contributed by atoms with Crippen LogP contribution in [-0.4, -0.2) is 59.5 Å². The van der Waals surface area contributed by atoms with Crippen LogP contribution < -0.4 is 9.47 Å². The fourth-order valence-corrected chi connectivity index (χ4v) is 4.96. The molecule has 0 radical (unpaired) electrons. The SMILES string of the molecule is COc1ccc([C@@H]2CN(C(=O)C3C[C@@H]3O)CC2(C)[C@@H](C)O)cc1OC1CCCC1. The van der Waals surface area contributed by atoms with Crippen molar-refractivity contribution in [2.75, 3.05) is 20.2 Å². The van der Waals surface area contributed by atoms with Crippen LogP contribution in [0.5, 0.6) is 11.5 Å². The third-order valence-corrected chi connectivity index (χ3v) is 7.26. The molecule has 4 rings (SSSR count). The maximum atomic E-state index is 12.7. The lowest BCUT2D eigenvalue weighted by Gasteiger charge is -2.34. The zero-order valence-electron chi connectivity index (χ0n) is 17.6. The Balaban J connectivity index is 1.61. The Morgan fingerprint density at radius 1 is 1.28 bits per heavy atom. The zero-order valence-corrected chi connectivity index (χ0v) is 17.6. The standard InChI is InChI=1S/C23H33NO5/c1-14(25)23(2)13-24(22(27)17-11-19(17)26)12-18(23)15-8-9-20(28-3)21(10-15)29-16-6-4-5-7-16/h8-10,14,16-19,25-26H,4-7,11-13H2,1-3H3/t14-,17?,18+,19+,23?/m1/s1. The number of ether oxygens (including phenoxy) is 2. The molecule has 3 fully saturated rings. The van der Waals surface area contributed by atoms with Crippen LogP contribution in [-0.2, 0) is 4.79 Å². The Morgan fingerprint density at radius 3 is 2.55 bits per heavy atom. The molecule has 6 heteroatoms. The van der Waals surface area contributed by atoms with Crippen molar-refractivity contribution in [1.82, 2.24) is 4.90 Å². The third kappa shape index (κ3) is 3.84. The highest BCUT2D eigenvalue weighted by Crippen LogP contribution is 2.48. The number of aliphatic hydroxyl groups is 2. The Morgan fingerprint density at radius 2 is 1.97 bits per heavy atom. The van der Waals surface area contributed by atoms with Gasteiger partial charge in [0.15, 0.2) is 11.5 Å². The van der Waals surface area contributed by atoms with E-state index in [-0.39, 0.29) is 23.8 Å². The largest absolute Gasteiger partial charge is 0.493 e. The summed E-state index contributed by atoms with van der Waals surface area (Å²) in [6, 6.07) is 5.98. The molecular weight excluding hydrogens is 370 g/mol. The van der Waals surface area contributed by atoms with Crippen molar-refractivity contribution in [3.63, 3.8) is 0 Å². The summed E-state index contributed by atoms with van der Waals surface area (Å²) in [6.07, 6.45) is 4.21. The predicted molar refractivity (Wildman–Crippen MR) is 109 cm³/mol. The van der Waals surface area contributed by atoms with Gasteiger partial charge in [-0.25, -0.2) is 0 Å². The first-order valence-electron chi connectivity index (χ1n) is 10.8. The fourth-order valence-electron chi connectivity index (χ4n) is 4.96. The van der Waals surface area contributed by atoms with Gasteiger partial charge in [-0.05, 0) is 56.7 Å². The summed E-state index contributed by atoms with van der Waals surface area (Å²) in [5.41, 5.74) is 0.586. The van der Waals surface area contributed by atoms with Crippen LogP contribution in [0.4, 0.5) is 0 Å². The second kappa shape index (κ2) is 7.80. The van der Waals surface area contributed by atoms with Crippen molar-refractivity contribution in [2.24, 2.45) is 11.3 Å². The normalized spacial score (nSPS) is 33.0. The Hall–Kier alpha value is -1.79. The van der Waals surface area contributed by atoms with Crippen molar-refractivity contribution in [2.45, 2.75) is 70.2 Å². The lowest BCUT2D eigenvalue weighted by atomic mass is 9.72. The van der Waals surface area contributed by atoms with E-state index in [4.69, 9.17) is 9.47 Å². The fraction of sp³-hybridized carbons (Fsp3) is 0.696. The molecule has 0 aromatic heterocycles. The van der Waals surface area contributed by atoms with Crippen molar-refractivity contribution < 1.29 is 24.5 Å². The summed E-state index contributed by atoms with van der Waals surface area (Å²) in [4.78, 5) is 14.6. The van der Waals surface area contributed by atoms with Gasteiger partial charge < -0.3 is 24.6 Å². The number of rotatable bonds is 6. The first-order chi connectivity index (χ1) is 13.8. The maximum Gasteiger partial charge on any atom is 0.228 e. The minimum Gasteiger partial charge on any atom is -0.493 e. The molecule has 3 aliphatic rings. The number of nitrogens with zero attached hydrogens (tertiary/aromatic N) is 1.